The van der Waals surface area contributed by atoms with Crippen molar-refractivity contribution in [2.75, 3.05) is 6.54 Å². The molecule has 1 heterocycles. The lowest BCUT2D eigenvalue weighted by molar-refractivity contribution is -0.153. The summed E-state index contributed by atoms with van der Waals surface area (Å²) in [5.74, 6) is -1.07. The van der Waals surface area contributed by atoms with Crippen LogP contribution in [0, 0.1) is 12.3 Å². The van der Waals surface area contributed by atoms with E-state index in [2.05, 4.69) is 10.4 Å². The van der Waals surface area contributed by atoms with E-state index in [0.29, 0.717) is 25.1 Å². The number of carboxylic acids is 1. The van der Waals surface area contributed by atoms with Crippen molar-refractivity contribution in [2.24, 2.45) is 5.41 Å². The number of amides is 1. The molecule has 0 aliphatic heterocycles. The van der Waals surface area contributed by atoms with Crippen LogP contribution >= 0.6 is 0 Å². The van der Waals surface area contributed by atoms with Gasteiger partial charge in [0.05, 0.1) is 11.1 Å². The fourth-order valence-electron chi connectivity index (χ4n) is 2.38. The van der Waals surface area contributed by atoms with Crippen molar-refractivity contribution in [3.8, 4) is 0 Å². The van der Waals surface area contributed by atoms with E-state index in [0.717, 1.165) is 12.1 Å². The molecule has 0 radical (unpaired) electrons. The number of aliphatic carboxylic acids is 1. The molecule has 0 spiro atoms. The summed E-state index contributed by atoms with van der Waals surface area (Å²) >= 11 is 0. The Bertz CT molecular complexity index is 503. The van der Waals surface area contributed by atoms with Crippen molar-refractivity contribution in [3.63, 3.8) is 0 Å². The average Bonchev–Trinajstić information content (AvgIpc) is 2.68. The number of rotatable bonds is 5. The van der Waals surface area contributed by atoms with Crippen molar-refractivity contribution in [1.82, 2.24) is 15.1 Å². The van der Waals surface area contributed by atoms with Crippen molar-refractivity contribution >= 4 is 11.9 Å². The number of hydrogen-bond acceptors (Lipinski definition) is 3. The second-order valence-electron chi connectivity index (χ2n) is 5.11. The van der Waals surface area contributed by atoms with Crippen LogP contribution in [0.5, 0.6) is 0 Å². The molecule has 1 saturated carbocycles. The Morgan fingerprint density at radius 3 is 2.68 bits per heavy atom. The molecule has 0 atom stereocenters. The van der Waals surface area contributed by atoms with Crippen molar-refractivity contribution < 1.29 is 14.7 Å². The molecule has 1 fully saturated rings. The van der Waals surface area contributed by atoms with Crippen LogP contribution in [0.25, 0.3) is 0 Å². The highest BCUT2D eigenvalue weighted by Crippen LogP contribution is 2.40. The molecule has 0 saturated heterocycles. The molecule has 0 unspecified atom stereocenters. The first-order chi connectivity index (χ1) is 8.98. The SMILES string of the molecule is CCn1nc(C)cc1C(=O)NCC1(C(=O)O)CCC1. The zero-order valence-corrected chi connectivity index (χ0v) is 11.3. The number of aromatic nitrogens is 2. The average molecular weight is 265 g/mol. The number of carbonyl (C=O) groups excluding carboxylic acids is 1. The van der Waals surface area contributed by atoms with Gasteiger partial charge in [0.15, 0.2) is 0 Å². The van der Waals surface area contributed by atoms with Gasteiger partial charge in [0.25, 0.3) is 5.91 Å². The third kappa shape index (κ3) is 2.47. The molecular formula is C13H19N3O3. The van der Waals surface area contributed by atoms with Gasteiger partial charge >= 0.3 is 5.97 Å². The summed E-state index contributed by atoms with van der Waals surface area (Å²) in [5.41, 5.74) is 0.505. The van der Waals surface area contributed by atoms with Crippen LogP contribution in [0.1, 0.15) is 42.4 Å². The number of aryl methyl sites for hydroxylation is 2. The largest absolute Gasteiger partial charge is 0.481 e. The van der Waals surface area contributed by atoms with Gasteiger partial charge in [0, 0.05) is 13.1 Å². The number of carboxylic acid groups (broad SMARTS) is 1. The van der Waals surface area contributed by atoms with E-state index >= 15 is 0 Å². The molecular weight excluding hydrogens is 246 g/mol. The maximum absolute atomic E-state index is 12.1. The highest BCUT2D eigenvalue weighted by Gasteiger charge is 2.44. The molecule has 0 aromatic carbocycles. The lowest BCUT2D eigenvalue weighted by Gasteiger charge is -2.37. The zero-order valence-electron chi connectivity index (χ0n) is 11.3. The van der Waals surface area contributed by atoms with Crippen LogP contribution < -0.4 is 5.32 Å². The molecule has 19 heavy (non-hydrogen) atoms. The topological polar surface area (TPSA) is 84.2 Å². The van der Waals surface area contributed by atoms with E-state index in [1.165, 1.54) is 0 Å². The Hall–Kier alpha value is -1.85. The minimum Gasteiger partial charge on any atom is -0.481 e. The summed E-state index contributed by atoms with van der Waals surface area (Å²) in [6, 6.07) is 1.72. The Labute approximate surface area is 111 Å². The van der Waals surface area contributed by atoms with Crippen molar-refractivity contribution in [1.29, 1.82) is 0 Å². The monoisotopic (exact) mass is 265 g/mol. The first kappa shape index (κ1) is 13.6. The Morgan fingerprint density at radius 2 is 2.21 bits per heavy atom. The van der Waals surface area contributed by atoms with E-state index in [9.17, 15) is 14.7 Å². The van der Waals surface area contributed by atoms with Crippen LogP contribution in [0.3, 0.4) is 0 Å². The first-order valence-corrected chi connectivity index (χ1v) is 6.54. The van der Waals surface area contributed by atoms with Gasteiger partial charge in [0.2, 0.25) is 0 Å². The minimum absolute atomic E-state index is 0.190. The number of nitrogens with zero attached hydrogens (tertiary/aromatic N) is 2. The van der Waals surface area contributed by atoms with Gasteiger partial charge in [0.1, 0.15) is 5.69 Å². The van der Waals surface area contributed by atoms with Crippen LogP contribution in [-0.2, 0) is 11.3 Å². The third-order valence-corrected chi connectivity index (χ3v) is 3.79. The number of nitrogens with one attached hydrogen (secondary N) is 1. The first-order valence-electron chi connectivity index (χ1n) is 6.54. The molecule has 2 rings (SSSR count). The summed E-state index contributed by atoms with van der Waals surface area (Å²) in [6.07, 6.45) is 2.18. The summed E-state index contributed by atoms with van der Waals surface area (Å²) in [7, 11) is 0. The van der Waals surface area contributed by atoms with E-state index in [-0.39, 0.29) is 12.5 Å². The predicted octanol–water partition coefficient (Wildman–Crippen LogP) is 1.20. The quantitative estimate of drug-likeness (QED) is 0.837. The molecule has 1 amide bonds. The lowest BCUT2D eigenvalue weighted by atomic mass is 9.69. The molecule has 2 N–H and O–H groups in total. The van der Waals surface area contributed by atoms with Gasteiger partial charge in [-0.2, -0.15) is 5.10 Å². The Kier molecular flexibility index (Phi) is 3.59. The Morgan fingerprint density at radius 1 is 1.53 bits per heavy atom. The molecule has 6 heteroatoms. The second kappa shape index (κ2) is 5.03. The van der Waals surface area contributed by atoms with Crippen LogP contribution in [0.2, 0.25) is 0 Å². The maximum Gasteiger partial charge on any atom is 0.311 e. The van der Waals surface area contributed by atoms with Crippen LogP contribution in [0.4, 0.5) is 0 Å². The molecule has 1 aromatic heterocycles. The molecule has 1 aliphatic rings. The third-order valence-electron chi connectivity index (χ3n) is 3.79. The van der Waals surface area contributed by atoms with E-state index in [1.807, 2.05) is 13.8 Å². The molecule has 0 bridgehead atoms. The number of hydrogen-bond donors (Lipinski definition) is 2. The standard InChI is InChI=1S/C13H19N3O3/c1-3-16-10(7-9(2)15-16)11(17)14-8-13(12(18)19)5-4-6-13/h7H,3-6,8H2,1-2H3,(H,14,17)(H,18,19). The van der Waals surface area contributed by atoms with Gasteiger partial charge in [-0.1, -0.05) is 6.42 Å². The summed E-state index contributed by atoms with van der Waals surface area (Å²) < 4.78 is 1.62. The molecule has 1 aliphatic carbocycles. The highest BCUT2D eigenvalue weighted by molar-refractivity contribution is 5.93. The van der Waals surface area contributed by atoms with Gasteiger partial charge in [-0.05, 0) is 32.8 Å². The molecule has 1 aromatic rings. The fourth-order valence-corrected chi connectivity index (χ4v) is 2.38. The van der Waals surface area contributed by atoms with Crippen LogP contribution in [-0.4, -0.2) is 33.3 Å². The minimum atomic E-state index is -0.820. The Balaban J connectivity index is 2.03. The van der Waals surface area contributed by atoms with Crippen molar-refractivity contribution in [3.05, 3.63) is 17.5 Å². The van der Waals surface area contributed by atoms with E-state index in [1.54, 1.807) is 10.7 Å². The summed E-state index contributed by atoms with van der Waals surface area (Å²) in [5, 5.41) is 16.1. The van der Waals surface area contributed by atoms with Crippen LogP contribution in [0.15, 0.2) is 6.07 Å². The lowest BCUT2D eigenvalue weighted by Crippen LogP contribution is -2.47. The molecule has 104 valence electrons. The highest BCUT2D eigenvalue weighted by atomic mass is 16.4. The van der Waals surface area contributed by atoms with Gasteiger partial charge in [-0.15, -0.1) is 0 Å². The van der Waals surface area contributed by atoms with E-state index < -0.39 is 11.4 Å². The predicted molar refractivity (Wildman–Crippen MR) is 68.9 cm³/mol. The number of carbonyl (C=O) groups is 2. The zero-order chi connectivity index (χ0) is 14.0. The maximum atomic E-state index is 12.1. The van der Waals surface area contributed by atoms with E-state index in [4.69, 9.17) is 0 Å². The van der Waals surface area contributed by atoms with Crippen molar-refractivity contribution in [2.45, 2.75) is 39.7 Å². The van der Waals surface area contributed by atoms with Gasteiger partial charge in [-0.3, -0.25) is 14.3 Å². The molecule has 6 nitrogen and oxygen atoms in total. The van der Waals surface area contributed by atoms with Gasteiger partial charge < -0.3 is 10.4 Å². The summed E-state index contributed by atoms with van der Waals surface area (Å²) in [6.45, 7) is 4.54. The summed E-state index contributed by atoms with van der Waals surface area (Å²) in [4.78, 5) is 23.3. The normalized spacial score (nSPS) is 16.7. The fraction of sp³-hybridized carbons (Fsp3) is 0.615. The van der Waals surface area contributed by atoms with Gasteiger partial charge in [-0.25, -0.2) is 0 Å². The smallest absolute Gasteiger partial charge is 0.311 e. The second-order valence-corrected chi connectivity index (χ2v) is 5.11.